The third-order valence-corrected chi connectivity index (χ3v) is 6.68. The molecular formula is C25H32N8O3. The molecule has 11 heteroatoms. The number of β-amino-alcohol motifs (C(OH)–C–C–N with tert-alkyl or cyclic N) is 1. The summed E-state index contributed by atoms with van der Waals surface area (Å²) >= 11 is 0. The first-order valence-electron chi connectivity index (χ1n) is 12.4. The van der Waals surface area contributed by atoms with Gasteiger partial charge in [0.1, 0.15) is 17.8 Å². The molecule has 3 atom stereocenters. The topological polar surface area (TPSA) is 131 Å². The van der Waals surface area contributed by atoms with Gasteiger partial charge in [-0.3, -0.25) is 9.59 Å². The summed E-state index contributed by atoms with van der Waals surface area (Å²) in [6.45, 7) is 6.15. The van der Waals surface area contributed by atoms with Crippen LogP contribution in [0.4, 0.5) is 0 Å². The highest BCUT2D eigenvalue weighted by Crippen LogP contribution is 2.40. The number of hydrogen-bond acceptors (Lipinski definition) is 7. The Morgan fingerprint density at radius 3 is 2.64 bits per heavy atom. The number of amides is 2. The van der Waals surface area contributed by atoms with Crippen molar-refractivity contribution in [2.45, 2.75) is 70.7 Å². The Morgan fingerprint density at radius 2 is 1.94 bits per heavy atom. The summed E-state index contributed by atoms with van der Waals surface area (Å²) in [6.07, 6.45) is 5.03. The smallest absolute Gasteiger partial charge is 0.248 e. The van der Waals surface area contributed by atoms with E-state index in [1.807, 2.05) is 57.3 Å². The number of aromatic nitrogens is 6. The molecule has 5 rings (SSSR count). The molecule has 190 valence electrons. The molecule has 1 aliphatic heterocycles. The molecule has 2 fully saturated rings. The quantitative estimate of drug-likeness (QED) is 0.512. The average molecular weight is 493 g/mol. The molecule has 1 saturated carbocycles. The van der Waals surface area contributed by atoms with E-state index in [1.54, 1.807) is 10.9 Å². The van der Waals surface area contributed by atoms with Gasteiger partial charge in [0.05, 0.1) is 30.2 Å². The maximum atomic E-state index is 13.8. The van der Waals surface area contributed by atoms with E-state index in [9.17, 15) is 14.7 Å². The van der Waals surface area contributed by atoms with E-state index < -0.39 is 23.6 Å². The number of aliphatic hydroxyl groups excluding tert-OH is 1. The molecule has 2 amide bonds. The SMILES string of the molecule is CC(C)(C)[C@@H](C(=O)N1C[C@H](O)C[C@H]1C(=O)NCc1cnn(-c2ccccc2)n1)n1cc(C2CC2)nn1. The van der Waals surface area contributed by atoms with Crippen molar-refractivity contribution in [3.05, 3.63) is 54.1 Å². The van der Waals surface area contributed by atoms with E-state index in [2.05, 4.69) is 25.8 Å². The van der Waals surface area contributed by atoms with Crippen molar-refractivity contribution >= 4 is 11.8 Å². The largest absolute Gasteiger partial charge is 0.391 e. The molecule has 0 radical (unpaired) electrons. The van der Waals surface area contributed by atoms with Gasteiger partial charge in [-0.1, -0.05) is 44.2 Å². The molecule has 2 aliphatic rings. The molecule has 3 heterocycles. The first kappa shape index (κ1) is 24.1. The van der Waals surface area contributed by atoms with Gasteiger partial charge in [0.15, 0.2) is 0 Å². The number of nitrogens with zero attached hydrogens (tertiary/aromatic N) is 7. The van der Waals surface area contributed by atoms with E-state index >= 15 is 0 Å². The Balaban J connectivity index is 1.29. The third-order valence-electron chi connectivity index (χ3n) is 6.68. The number of aliphatic hydroxyl groups is 1. The van der Waals surface area contributed by atoms with Gasteiger partial charge in [0.2, 0.25) is 11.8 Å². The van der Waals surface area contributed by atoms with Gasteiger partial charge in [0.25, 0.3) is 0 Å². The standard InChI is InChI=1S/C25H32N8O3/c1-25(2,3)22(32-15-20(28-30-32)16-9-10-16)24(36)31-14-19(34)11-21(31)23(35)26-12-17-13-27-33(29-17)18-7-5-4-6-8-18/h4-8,13,15-16,19,21-22,34H,9-12,14H2,1-3H3,(H,26,35)/t19-,21+,22-/m1/s1. The zero-order chi connectivity index (χ0) is 25.4. The van der Waals surface area contributed by atoms with Gasteiger partial charge in [-0.25, -0.2) is 4.68 Å². The summed E-state index contributed by atoms with van der Waals surface area (Å²) in [7, 11) is 0. The van der Waals surface area contributed by atoms with Crippen molar-refractivity contribution in [3.8, 4) is 5.69 Å². The Hall–Kier alpha value is -3.60. The maximum Gasteiger partial charge on any atom is 0.248 e. The van der Waals surface area contributed by atoms with Crippen LogP contribution in [0.15, 0.2) is 42.7 Å². The fourth-order valence-corrected chi connectivity index (χ4v) is 4.68. The fraction of sp³-hybridized carbons (Fsp3) is 0.520. The van der Waals surface area contributed by atoms with Crippen molar-refractivity contribution in [1.82, 2.24) is 40.2 Å². The second kappa shape index (κ2) is 9.45. The zero-order valence-corrected chi connectivity index (χ0v) is 20.8. The van der Waals surface area contributed by atoms with Gasteiger partial charge >= 0.3 is 0 Å². The van der Waals surface area contributed by atoms with Crippen LogP contribution in [-0.2, 0) is 16.1 Å². The van der Waals surface area contributed by atoms with Crippen molar-refractivity contribution in [1.29, 1.82) is 0 Å². The van der Waals surface area contributed by atoms with Crippen LogP contribution in [0.25, 0.3) is 5.69 Å². The summed E-state index contributed by atoms with van der Waals surface area (Å²) in [6, 6.07) is 8.05. The molecule has 3 aromatic rings. The highest BCUT2D eigenvalue weighted by Gasteiger charge is 2.45. The molecule has 36 heavy (non-hydrogen) atoms. The summed E-state index contributed by atoms with van der Waals surface area (Å²) in [5, 5.41) is 30.5. The van der Waals surface area contributed by atoms with Crippen LogP contribution in [0.1, 0.15) is 63.4 Å². The number of rotatable bonds is 7. The highest BCUT2D eigenvalue weighted by atomic mass is 16.3. The van der Waals surface area contributed by atoms with Crippen LogP contribution in [0, 0.1) is 5.41 Å². The Labute approximate surface area is 209 Å². The van der Waals surface area contributed by atoms with Crippen molar-refractivity contribution in [3.63, 3.8) is 0 Å². The first-order chi connectivity index (χ1) is 17.2. The summed E-state index contributed by atoms with van der Waals surface area (Å²) in [5.74, 6) is -0.165. The molecule has 2 aromatic heterocycles. The molecule has 11 nitrogen and oxygen atoms in total. The van der Waals surface area contributed by atoms with Crippen molar-refractivity contribution < 1.29 is 14.7 Å². The predicted octanol–water partition coefficient (Wildman–Crippen LogP) is 1.60. The van der Waals surface area contributed by atoms with Crippen LogP contribution in [0.3, 0.4) is 0 Å². The number of para-hydroxylation sites is 1. The van der Waals surface area contributed by atoms with Gasteiger partial charge in [-0.15, -0.1) is 5.10 Å². The van der Waals surface area contributed by atoms with Gasteiger partial charge in [-0.2, -0.15) is 15.0 Å². The molecule has 1 aromatic carbocycles. The number of likely N-dealkylation sites (tertiary alicyclic amines) is 1. The Kier molecular flexibility index (Phi) is 6.33. The summed E-state index contributed by atoms with van der Waals surface area (Å²) in [4.78, 5) is 29.9. The van der Waals surface area contributed by atoms with E-state index in [1.165, 1.54) is 9.70 Å². The van der Waals surface area contributed by atoms with Crippen molar-refractivity contribution in [2.75, 3.05) is 6.54 Å². The maximum absolute atomic E-state index is 13.8. The monoisotopic (exact) mass is 492 g/mol. The van der Waals surface area contributed by atoms with Crippen molar-refractivity contribution in [2.24, 2.45) is 5.41 Å². The van der Waals surface area contributed by atoms with Crippen LogP contribution < -0.4 is 5.32 Å². The molecule has 2 N–H and O–H groups in total. The zero-order valence-electron chi connectivity index (χ0n) is 20.8. The van der Waals surface area contributed by atoms with Gasteiger partial charge in [0, 0.05) is 25.1 Å². The minimum absolute atomic E-state index is 0.0951. The van der Waals surface area contributed by atoms with Crippen LogP contribution in [0.5, 0.6) is 0 Å². The molecule has 1 saturated heterocycles. The van der Waals surface area contributed by atoms with E-state index in [0.29, 0.717) is 11.6 Å². The van der Waals surface area contributed by atoms with E-state index in [-0.39, 0.29) is 31.3 Å². The van der Waals surface area contributed by atoms with E-state index in [0.717, 1.165) is 24.2 Å². The van der Waals surface area contributed by atoms with E-state index in [4.69, 9.17) is 0 Å². The van der Waals surface area contributed by atoms with Crippen LogP contribution in [0.2, 0.25) is 0 Å². The fourth-order valence-electron chi connectivity index (χ4n) is 4.68. The normalized spacial score (nSPS) is 20.9. The second-order valence-corrected chi connectivity index (χ2v) is 10.7. The summed E-state index contributed by atoms with van der Waals surface area (Å²) in [5.41, 5.74) is 1.83. The van der Waals surface area contributed by atoms with Crippen LogP contribution in [-0.4, -0.2) is 70.5 Å². The number of hydrogen-bond donors (Lipinski definition) is 2. The Bertz CT molecular complexity index is 1230. The predicted molar refractivity (Wildman–Crippen MR) is 130 cm³/mol. The number of carbonyl (C=O) groups is 2. The highest BCUT2D eigenvalue weighted by molar-refractivity contribution is 5.90. The van der Waals surface area contributed by atoms with Gasteiger partial charge < -0.3 is 15.3 Å². The minimum Gasteiger partial charge on any atom is -0.391 e. The molecular weight excluding hydrogens is 460 g/mol. The second-order valence-electron chi connectivity index (χ2n) is 10.7. The average Bonchev–Trinajstić information content (AvgIpc) is 3.22. The molecule has 0 spiro atoms. The lowest BCUT2D eigenvalue weighted by molar-refractivity contribution is -0.144. The van der Waals surface area contributed by atoms with Crippen LogP contribution >= 0.6 is 0 Å². The van der Waals surface area contributed by atoms with Gasteiger partial charge in [-0.05, 0) is 30.4 Å². The molecule has 1 aliphatic carbocycles. The Morgan fingerprint density at radius 1 is 1.19 bits per heavy atom. The lowest BCUT2D eigenvalue weighted by atomic mass is 9.85. The number of carbonyl (C=O) groups excluding carboxylic acids is 2. The number of nitrogens with one attached hydrogen (secondary N) is 1. The third kappa shape index (κ3) is 5.01. The lowest BCUT2D eigenvalue weighted by Crippen LogP contribution is -2.50. The first-order valence-corrected chi connectivity index (χ1v) is 12.4. The minimum atomic E-state index is -0.784. The summed E-state index contributed by atoms with van der Waals surface area (Å²) < 4.78 is 1.62. The lowest BCUT2D eigenvalue weighted by Gasteiger charge is -2.34. The molecule has 0 unspecified atom stereocenters. The molecule has 0 bridgehead atoms. The number of benzene rings is 1.